The Balaban J connectivity index is 2.32. The molecule has 1 aliphatic rings. The first-order valence-corrected chi connectivity index (χ1v) is 9.05. The van der Waals surface area contributed by atoms with Crippen LogP contribution in [0, 0.1) is 5.82 Å². The molecule has 0 aliphatic carbocycles. The Hall–Kier alpha value is -0.850. The van der Waals surface area contributed by atoms with Crippen LogP contribution in [-0.4, -0.2) is 37.7 Å². The topological polar surface area (TPSA) is 40.6 Å². The molecule has 0 radical (unpaired) electrons. The van der Waals surface area contributed by atoms with Crippen molar-refractivity contribution >= 4 is 27.5 Å². The summed E-state index contributed by atoms with van der Waals surface area (Å²) in [5.74, 6) is -0.0935. The van der Waals surface area contributed by atoms with Gasteiger partial charge < -0.3 is 0 Å². The fraction of sp³-hybridized carbons (Fsp3) is 0.571. The van der Waals surface area contributed by atoms with Gasteiger partial charge in [0.05, 0.1) is 5.69 Å². The van der Waals surface area contributed by atoms with E-state index in [0.29, 0.717) is 24.7 Å². The lowest BCUT2D eigenvalue weighted by Crippen LogP contribution is -2.51. The molecule has 21 heavy (non-hydrogen) atoms. The molecule has 7 heteroatoms. The second kappa shape index (κ2) is 6.94. The van der Waals surface area contributed by atoms with Crippen LogP contribution in [0.25, 0.3) is 0 Å². The standard InChI is InChI=1S/C14H20ClFN2O2S/c1-2-17(13-8-6-12(16)7-9-13)21(19,20)18-10-4-3-5-14(18)11-15/h6-9,14H,2-5,10-11H2,1H3. The maximum Gasteiger partial charge on any atom is 0.304 e. The number of halogens is 2. The van der Waals surface area contributed by atoms with Gasteiger partial charge in [0, 0.05) is 25.0 Å². The molecule has 1 fully saturated rings. The molecule has 1 heterocycles. The van der Waals surface area contributed by atoms with Crippen molar-refractivity contribution < 1.29 is 12.8 Å². The molecule has 0 N–H and O–H groups in total. The van der Waals surface area contributed by atoms with Gasteiger partial charge in [-0.3, -0.25) is 4.31 Å². The van der Waals surface area contributed by atoms with Gasteiger partial charge in [-0.1, -0.05) is 6.42 Å². The van der Waals surface area contributed by atoms with Gasteiger partial charge in [-0.2, -0.15) is 12.7 Å². The highest BCUT2D eigenvalue weighted by Gasteiger charge is 2.35. The van der Waals surface area contributed by atoms with Crippen molar-refractivity contribution in [1.82, 2.24) is 4.31 Å². The highest BCUT2D eigenvalue weighted by Crippen LogP contribution is 2.27. The normalized spacial score (nSPS) is 20.4. The quantitative estimate of drug-likeness (QED) is 0.777. The average Bonchev–Trinajstić information content (AvgIpc) is 2.49. The van der Waals surface area contributed by atoms with E-state index in [1.54, 1.807) is 6.92 Å². The monoisotopic (exact) mass is 334 g/mol. The predicted molar refractivity (Wildman–Crippen MR) is 83.4 cm³/mol. The first-order valence-electron chi connectivity index (χ1n) is 7.11. The molecule has 0 amide bonds. The summed E-state index contributed by atoms with van der Waals surface area (Å²) < 4.78 is 41.6. The second-order valence-electron chi connectivity index (χ2n) is 5.06. The van der Waals surface area contributed by atoms with Crippen LogP contribution in [0.15, 0.2) is 24.3 Å². The number of benzene rings is 1. The molecule has 118 valence electrons. The summed E-state index contributed by atoms with van der Waals surface area (Å²) in [4.78, 5) is 0. The summed E-state index contributed by atoms with van der Waals surface area (Å²) in [6.45, 7) is 2.54. The van der Waals surface area contributed by atoms with Crippen LogP contribution >= 0.6 is 11.6 Å². The van der Waals surface area contributed by atoms with Crippen LogP contribution in [0.1, 0.15) is 26.2 Å². The number of nitrogens with zero attached hydrogens (tertiary/aromatic N) is 2. The number of hydrogen-bond acceptors (Lipinski definition) is 2. The van der Waals surface area contributed by atoms with Crippen molar-refractivity contribution in [1.29, 1.82) is 0 Å². The minimum atomic E-state index is -3.64. The minimum absolute atomic E-state index is 0.167. The number of piperidine rings is 1. The lowest BCUT2D eigenvalue weighted by atomic mass is 10.1. The number of rotatable bonds is 5. The van der Waals surface area contributed by atoms with E-state index >= 15 is 0 Å². The Kier molecular flexibility index (Phi) is 5.46. The zero-order chi connectivity index (χ0) is 15.5. The highest BCUT2D eigenvalue weighted by molar-refractivity contribution is 7.90. The first-order chi connectivity index (χ1) is 10.0. The fourth-order valence-electron chi connectivity index (χ4n) is 2.64. The van der Waals surface area contributed by atoms with Crippen LogP contribution in [0.2, 0.25) is 0 Å². The lowest BCUT2D eigenvalue weighted by Gasteiger charge is -2.37. The Labute approximate surface area is 130 Å². The third-order valence-corrected chi connectivity index (χ3v) is 6.18. The molecule has 1 aromatic carbocycles. The molecule has 1 unspecified atom stereocenters. The highest BCUT2D eigenvalue weighted by atomic mass is 35.5. The summed E-state index contributed by atoms with van der Waals surface area (Å²) in [6.07, 6.45) is 2.61. The molecule has 1 atom stereocenters. The molecule has 0 bridgehead atoms. The maximum absolute atomic E-state index is 13.0. The van der Waals surface area contributed by atoms with Crippen LogP contribution in [0.5, 0.6) is 0 Å². The Morgan fingerprint density at radius 2 is 2.00 bits per heavy atom. The maximum atomic E-state index is 13.0. The molecule has 1 aromatic rings. The van der Waals surface area contributed by atoms with Gasteiger partial charge in [-0.05, 0) is 44.0 Å². The number of alkyl halides is 1. The van der Waals surface area contributed by atoms with E-state index in [1.807, 2.05) is 0 Å². The van der Waals surface area contributed by atoms with Crippen molar-refractivity contribution in [3.05, 3.63) is 30.1 Å². The van der Waals surface area contributed by atoms with Gasteiger partial charge in [0.2, 0.25) is 0 Å². The van der Waals surface area contributed by atoms with Crippen molar-refractivity contribution in [3.8, 4) is 0 Å². The Morgan fingerprint density at radius 3 is 2.57 bits per heavy atom. The smallest absolute Gasteiger partial charge is 0.258 e. The van der Waals surface area contributed by atoms with Gasteiger partial charge in [0.1, 0.15) is 5.82 Å². The fourth-order valence-corrected chi connectivity index (χ4v) is 4.93. The van der Waals surface area contributed by atoms with E-state index < -0.39 is 10.2 Å². The molecule has 0 saturated carbocycles. The second-order valence-corrected chi connectivity index (χ2v) is 7.18. The summed E-state index contributed by atoms with van der Waals surface area (Å²) in [5.41, 5.74) is 0.470. The van der Waals surface area contributed by atoms with Crippen LogP contribution in [0.4, 0.5) is 10.1 Å². The van der Waals surface area contributed by atoms with Gasteiger partial charge in [-0.15, -0.1) is 11.6 Å². The van der Waals surface area contributed by atoms with E-state index in [-0.39, 0.29) is 11.9 Å². The summed E-state index contributed by atoms with van der Waals surface area (Å²) in [6, 6.07) is 5.33. The SMILES string of the molecule is CCN(c1ccc(F)cc1)S(=O)(=O)N1CCCCC1CCl. The predicted octanol–water partition coefficient (Wildman–Crippen LogP) is 2.99. The van der Waals surface area contributed by atoms with Crippen LogP contribution < -0.4 is 4.31 Å². The molecule has 0 aromatic heterocycles. The van der Waals surface area contributed by atoms with Gasteiger partial charge >= 0.3 is 10.2 Å². The molecular formula is C14H20ClFN2O2S. The van der Waals surface area contributed by atoms with E-state index in [9.17, 15) is 12.8 Å². The zero-order valence-electron chi connectivity index (χ0n) is 12.0. The van der Waals surface area contributed by atoms with Crippen molar-refractivity contribution in [3.63, 3.8) is 0 Å². The van der Waals surface area contributed by atoms with E-state index in [4.69, 9.17) is 11.6 Å². The molecule has 0 spiro atoms. The molecule has 1 aliphatic heterocycles. The van der Waals surface area contributed by atoms with Gasteiger partial charge in [0.25, 0.3) is 0 Å². The minimum Gasteiger partial charge on any atom is -0.258 e. The summed E-state index contributed by atoms with van der Waals surface area (Å²) in [7, 11) is -3.64. The number of hydrogen-bond donors (Lipinski definition) is 0. The molecular weight excluding hydrogens is 315 g/mol. The Bertz CT molecular complexity index is 565. The zero-order valence-corrected chi connectivity index (χ0v) is 13.6. The average molecular weight is 335 g/mol. The first kappa shape index (κ1) is 16.5. The Morgan fingerprint density at radius 1 is 1.33 bits per heavy atom. The van der Waals surface area contributed by atoms with Crippen LogP contribution in [0.3, 0.4) is 0 Å². The van der Waals surface area contributed by atoms with Gasteiger partial charge in [-0.25, -0.2) is 4.39 Å². The number of anilines is 1. The van der Waals surface area contributed by atoms with E-state index in [2.05, 4.69) is 0 Å². The molecule has 2 rings (SSSR count). The summed E-state index contributed by atoms with van der Waals surface area (Å²) in [5, 5.41) is 0. The van der Waals surface area contributed by atoms with E-state index in [1.165, 1.54) is 32.9 Å². The van der Waals surface area contributed by atoms with Crippen LogP contribution in [-0.2, 0) is 10.2 Å². The molecule has 4 nitrogen and oxygen atoms in total. The third-order valence-electron chi connectivity index (χ3n) is 3.73. The van der Waals surface area contributed by atoms with Gasteiger partial charge in [0.15, 0.2) is 0 Å². The van der Waals surface area contributed by atoms with E-state index in [0.717, 1.165) is 19.3 Å². The van der Waals surface area contributed by atoms with Crippen molar-refractivity contribution in [2.24, 2.45) is 0 Å². The lowest BCUT2D eigenvalue weighted by molar-refractivity contribution is 0.270. The van der Waals surface area contributed by atoms with Crippen molar-refractivity contribution in [2.45, 2.75) is 32.2 Å². The largest absolute Gasteiger partial charge is 0.304 e. The summed E-state index contributed by atoms with van der Waals surface area (Å²) >= 11 is 5.92. The third kappa shape index (κ3) is 3.49. The molecule has 1 saturated heterocycles. The van der Waals surface area contributed by atoms with Crippen molar-refractivity contribution in [2.75, 3.05) is 23.3 Å².